The highest BCUT2D eigenvalue weighted by atomic mass is 79.9. The lowest BCUT2D eigenvalue weighted by Crippen LogP contribution is -2.34. The van der Waals surface area contributed by atoms with Crippen LogP contribution in [0.2, 0.25) is 0 Å². The van der Waals surface area contributed by atoms with E-state index in [1.54, 1.807) is 6.20 Å². The number of hydrogen-bond donors (Lipinski definition) is 0. The first-order valence-electron chi connectivity index (χ1n) is 6.98. The fourth-order valence-electron chi connectivity index (χ4n) is 1.90. The van der Waals surface area contributed by atoms with Gasteiger partial charge in [0.15, 0.2) is 0 Å². The number of hydrogen-bond acceptors (Lipinski definition) is 3. The van der Waals surface area contributed by atoms with E-state index in [1.165, 1.54) is 4.90 Å². The van der Waals surface area contributed by atoms with E-state index in [4.69, 9.17) is 4.74 Å². The number of nitrogens with zero attached hydrogens (tertiary/aromatic N) is 2. The Morgan fingerprint density at radius 2 is 1.91 bits per heavy atom. The van der Waals surface area contributed by atoms with Crippen molar-refractivity contribution < 1.29 is 9.53 Å². The molecule has 0 radical (unpaired) electrons. The van der Waals surface area contributed by atoms with Crippen LogP contribution in [0.25, 0.3) is 0 Å². The number of aryl methyl sites for hydroxylation is 1. The monoisotopic (exact) mass is 362 g/mol. The molecule has 0 atom stereocenters. The smallest absolute Gasteiger partial charge is 0.420 e. The van der Waals surface area contributed by atoms with Crippen molar-refractivity contribution in [1.82, 2.24) is 4.98 Å². The van der Waals surface area contributed by atoms with E-state index in [1.807, 2.05) is 64.1 Å². The fourth-order valence-corrected chi connectivity index (χ4v) is 2.36. The van der Waals surface area contributed by atoms with Gasteiger partial charge in [0.1, 0.15) is 11.4 Å². The van der Waals surface area contributed by atoms with Gasteiger partial charge in [0.25, 0.3) is 0 Å². The van der Waals surface area contributed by atoms with Crippen LogP contribution in [0.15, 0.2) is 47.1 Å². The molecule has 4 nitrogen and oxygen atoms in total. The Balaban J connectivity index is 2.50. The normalized spacial score (nSPS) is 11.1. The molecule has 0 aliphatic carbocycles. The van der Waals surface area contributed by atoms with Gasteiger partial charge in [-0.05, 0) is 73.5 Å². The van der Waals surface area contributed by atoms with E-state index in [9.17, 15) is 4.79 Å². The number of pyridine rings is 1. The Morgan fingerprint density at radius 1 is 1.23 bits per heavy atom. The first-order chi connectivity index (χ1) is 10.3. The van der Waals surface area contributed by atoms with Crippen molar-refractivity contribution in [1.29, 1.82) is 0 Å². The summed E-state index contributed by atoms with van der Waals surface area (Å²) in [7, 11) is 0. The van der Waals surface area contributed by atoms with Crippen molar-refractivity contribution in [2.45, 2.75) is 33.3 Å². The van der Waals surface area contributed by atoms with Crippen LogP contribution in [0, 0.1) is 6.92 Å². The molecule has 1 aromatic heterocycles. The summed E-state index contributed by atoms with van der Waals surface area (Å²) in [6.07, 6.45) is 1.22. The van der Waals surface area contributed by atoms with Gasteiger partial charge in [-0.1, -0.05) is 12.1 Å². The summed E-state index contributed by atoms with van der Waals surface area (Å²) in [6, 6.07) is 11.2. The molecule has 1 aromatic carbocycles. The lowest BCUT2D eigenvalue weighted by molar-refractivity contribution is 0.0598. The quantitative estimate of drug-likeness (QED) is 0.734. The second-order valence-corrected chi connectivity index (χ2v) is 6.81. The van der Waals surface area contributed by atoms with Gasteiger partial charge >= 0.3 is 6.09 Å². The van der Waals surface area contributed by atoms with Gasteiger partial charge in [-0.2, -0.15) is 0 Å². The van der Waals surface area contributed by atoms with Crippen LogP contribution >= 0.6 is 15.9 Å². The van der Waals surface area contributed by atoms with Crippen molar-refractivity contribution in [3.8, 4) is 0 Å². The van der Waals surface area contributed by atoms with Crippen molar-refractivity contribution in [3.05, 3.63) is 52.6 Å². The first-order valence-corrected chi connectivity index (χ1v) is 7.77. The summed E-state index contributed by atoms with van der Waals surface area (Å²) >= 11 is 3.48. The Hall–Kier alpha value is -1.88. The molecule has 22 heavy (non-hydrogen) atoms. The summed E-state index contributed by atoms with van der Waals surface area (Å²) in [5.41, 5.74) is 1.13. The van der Waals surface area contributed by atoms with Crippen molar-refractivity contribution in [2.75, 3.05) is 4.90 Å². The Bertz CT molecular complexity index is 680. The molecule has 0 N–H and O–H groups in total. The number of benzene rings is 1. The zero-order chi connectivity index (χ0) is 16.3. The number of rotatable bonds is 2. The lowest BCUT2D eigenvalue weighted by atomic mass is 10.2. The largest absolute Gasteiger partial charge is 0.443 e. The van der Waals surface area contributed by atoms with Gasteiger partial charge in [-0.3, -0.25) is 0 Å². The van der Waals surface area contributed by atoms with E-state index in [0.29, 0.717) is 11.5 Å². The average Bonchev–Trinajstić information content (AvgIpc) is 2.39. The molecule has 0 fully saturated rings. The highest BCUT2D eigenvalue weighted by Crippen LogP contribution is 2.32. The predicted molar refractivity (Wildman–Crippen MR) is 91.5 cm³/mol. The minimum atomic E-state index is -0.583. The predicted octanol–water partition coefficient (Wildman–Crippen LogP) is 5.23. The van der Waals surface area contributed by atoms with Crippen LogP contribution in [0.1, 0.15) is 26.3 Å². The molecule has 2 rings (SSSR count). The second-order valence-electron chi connectivity index (χ2n) is 5.96. The standard InChI is InChI=1S/C17H19BrN2O2/c1-12-9-10-19-15(11-12)20(16(21)22-17(2,3)4)14-8-6-5-7-13(14)18/h5-11H,1-4H3. The number of ether oxygens (including phenoxy) is 1. The fraction of sp³-hybridized carbons (Fsp3) is 0.294. The Kier molecular flexibility index (Phi) is 4.86. The van der Waals surface area contributed by atoms with Gasteiger partial charge in [-0.25, -0.2) is 14.7 Å². The summed E-state index contributed by atoms with van der Waals surface area (Å²) in [5, 5.41) is 0. The molecule has 116 valence electrons. The van der Waals surface area contributed by atoms with Crippen LogP contribution in [-0.4, -0.2) is 16.7 Å². The van der Waals surface area contributed by atoms with Crippen LogP contribution in [0.5, 0.6) is 0 Å². The molecule has 0 saturated carbocycles. The van der Waals surface area contributed by atoms with E-state index in [0.717, 1.165) is 10.0 Å². The highest BCUT2D eigenvalue weighted by molar-refractivity contribution is 9.10. The molecule has 1 heterocycles. The number of amides is 1. The molecule has 2 aromatic rings. The van der Waals surface area contributed by atoms with Crippen LogP contribution in [-0.2, 0) is 4.74 Å². The molecule has 1 amide bonds. The number of anilines is 2. The third-order valence-electron chi connectivity index (χ3n) is 2.80. The molecule has 0 saturated heterocycles. The first kappa shape index (κ1) is 16.5. The zero-order valence-corrected chi connectivity index (χ0v) is 14.7. The number of carbonyl (C=O) groups excluding carboxylic acids is 1. The Labute approximate surface area is 139 Å². The SMILES string of the molecule is Cc1ccnc(N(C(=O)OC(C)(C)C)c2ccccc2Br)c1. The van der Waals surface area contributed by atoms with Gasteiger partial charge in [0.2, 0.25) is 0 Å². The van der Waals surface area contributed by atoms with Crippen molar-refractivity contribution >= 4 is 33.5 Å². The molecule has 0 unspecified atom stereocenters. The van der Waals surface area contributed by atoms with Crippen molar-refractivity contribution in [3.63, 3.8) is 0 Å². The van der Waals surface area contributed by atoms with Crippen molar-refractivity contribution in [2.24, 2.45) is 0 Å². The maximum absolute atomic E-state index is 12.7. The number of para-hydroxylation sites is 1. The second kappa shape index (κ2) is 6.48. The van der Waals surface area contributed by atoms with Gasteiger partial charge in [0, 0.05) is 10.7 Å². The summed E-state index contributed by atoms with van der Waals surface area (Å²) in [6.45, 7) is 7.48. The summed E-state index contributed by atoms with van der Waals surface area (Å²) < 4.78 is 6.33. The number of carbonyl (C=O) groups is 1. The van der Waals surface area contributed by atoms with Gasteiger partial charge in [0.05, 0.1) is 5.69 Å². The van der Waals surface area contributed by atoms with Crippen LogP contribution < -0.4 is 4.90 Å². The zero-order valence-electron chi connectivity index (χ0n) is 13.1. The molecular weight excluding hydrogens is 344 g/mol. The van der Waals surface area contributed by atoms with Crippen LogP contribution in [0.4, 0.5) is 16.3 Å². The number of halogens is 1. The van der Waals surface area contributed by atoms with E-state index in [2.05, 4.69) is 20.9 Å². The molecule has 5 heteroatoms. The third kappa shape index (κ3) is 4.07. The summed E-state index contributed by atoms with van der Waals surface area (Å²) in [5.74, 6) is 0.529. The third-order valence-corrected chi connectivity index (χ3v) is 3.47. The highest BCUT2D eigenvalue weighted by Gasteiger charge is 2.27. The molecule has 0 bridgehead atoms. The van der Waals surface area contributed by atoms with E-state index >= 15 is 0 Å². The van der Waals surface area contributed by atoms with Crippen LogP contribution in [0.3, 0.4) is 0 Å². The maximum atomic E-state index is 12.7. The number of aromatic nitrogens is 1. The van der Waals surface area contributed by atoms with E-state index < -0.39 is 11.7 Å². The molecular formula is C17H19BrN2O2. The minimum absolute atomic E-state index is 0.461. The molecule has 0 aliphatic rings. The molecule has 0 spiro atoms. The average molecular weight is 363 g/mol. The Morgan fingerprint density at radius 3 is 2.50 bits per heavy atom. The summed E-state index contributed by atoms with van der Waals surface area (Å²) in [4.78, 5) is 18.5. The molecule has 0 aliphatic heterocycles. The van der Waals surface area contributed by atoms with Gasteiger partial charge < -0.3 is 4.74 Å². The van der Waals surface area contributed by atoms with E-state index in [-0.39, 0.29) is 0 Å². The maximum Gasteiger partial charge on any atom is 0.420 e. The topological polar surface area (TPSA) is 42.4 Å². The minimum Gasteiger partial charge on any atom is -0.443 e. The van der Waals surface area contributed by atoms with Gasteiger partial charge in [-0.15, -0.1) is 0 Å². The lowest BCUT2D eigenvalue weighted by Gasteiger charge is -2.27.